The number of benzene rings is 2. The number of hydrogen-bond acceptors (Lipinski definition) is 1. The summed E-state index contributed by atoms with van der Waals surface area (Å²) < 4.78 is 0. The van der Waals surface area contributed by atoms with E-state index in [0.717, 1.165) is 29.5 Å². The molecule has 1 aliphatic carbocycles. The summed E-state index contributed by atoms with van der Waals surface area (Å²) in [6.07, 6.45) is 3.84. The first-order chi connectivity index (χ1) is 9.25. The van der Waals surface area contributed by atoms with E-state index in [-0.39, 0.29) is 5.78 Å². The predicted molar refractivity (Wildman–Crippen MR) is 78.2 cm³/mol. The normalized spacial score (nSPS) is 16.5. The van der Waals surface area contributed by atoms with Crippen molar-refractivity contribution in [2.24, 2.45) is 0 Å². The minimum absolute atomic E-state index is 0.185. The van der Waals surface area contributed by atoms with Gasteiger partial charge in [0.2, 0.25) is 0 Å². The van der Waals surface area contributed by atoms with E-state index in [9.17, 15) is 4.79 Å². The minimum atomic E-state index is 0.185. The van der Waals surface area contributed by atoms with Crippen LogP contribution in [0.25, 0.3) is 6.08 Å². The SMILES string of the molecule is Cc1ccccc1/C=C1\CCc2ccccc2C1=O. The lowest BCUT2D eigenvalue weighted by atomic mass is 9.86. The largest absolute Gasteiger partial charge is 0.289 e. The van der Waals surface area contributed by atoms with Crippen molar-refractivity contribution < 1.29 is 4.79 Å². The molecule has 1 heteroatoms. The second-order valence-corrected chi connectivity index (χ2v) is 5.01. The van der Waals surface area contributed by atoms with Crippen LogP contribution in [0.2, 0.25) is 0 Å². The van der Waals surface area contributed by atoms with E-state index in [4.69, 9.17) is 0 Å². The molecule has 2 aromatic rings. The van der Waals surface area contributed by atoms with Crippen LogP contribution in [0.15, 0.2) is 54.1 Å². The maximum absolute atomic E-state index is 12.5. The highest BCUT2D eigenvalue weighted by Gasteiger charge is 2.21. The molecule has 1 aliphatic rings. The van der Waals surface area contributed by atoms with E-state index in [1.165, 1.54) is 11.1 Å². The third-order valence-corrected chi connectivity index (χ3v) is 3.74. The van der Waals surface area contributed by atoms with E-state index in [2.05, 4.69) is 25.1 Å². The zero-order chi connectivity index (χ0) is 13.2. The van der Waals surface area contributed by atoms with Gasteiger partial charge >= 0.3 is 0 Å². The molecule has 3 rings (SSSR count). The van der Waals surface area contributed by atoms with Crippen molar-refractivity contribution in [3.63, 3.8) is 0 Å². The molecule has 2 aromatic carbocycles. The number of rotatable bonds is 1. The summed E-state index contributed by atoms with van der Waals surface area (Å²) in [6, 6.07) is 16.1. The van der Waals surface area contributed by atoms with Crippen LogP contribution in [0, 0.1) is 6.92 Å². The van der Waals surface area contributed by atoms with Gasteiger partial charge < -0.3 is 0 Å². The fraction of sp³-hybridized carbons (Fsp3) is 0.167. The first kappa shape index (κ1) is 11.9. The van der Waals surface area contributed by atoms with Gasteiger partial charge in [-0.15, -0.1) is 0 Å². The third kappa shape index (κ3) is 2.24. The molecule has 94 valence electrons. The maximum Gasteiger partial charge on any atom is 0.189 e. The summed E-state index contributed by atoms with van der Waals surface area (Å²) in [4.78, 5) is 12.5. The van der Waals surface area contributed by atoms with Crippen molar-refractivity contribution in [2.45, 2.75) is 19.8 Å². The molecule has 1 nitrogen and oxygen atoms in total. The van der Waals surface area contributed by atoms with Gasteiger partial charge in [0.15, 0.2) is 5.78 Å². The maximum atomic E-state index is 12.5. The standard InChI is InChI=1S/C18H16O/c1-13-6-2-3-8-15(13)12-16-11-10-14-7-4-5-9-17(14)18(16)19/h2-9,12H,10-11H2,1H3/b16-12+. The van der Waals surface area contributed by atoms with E-state index < -0.39 is 0 Å². The lowest BCUT2D eigenvalue weighted by molar-refractivity contribution is 0.102. The number of ketones is 1. The highest BCUT2D eigenvalue weighted by atomic mass is 16.1. The number of allylic oxidation sites excluding steroid dienone is 1. The summed E-state index contributed by atoms with van der Waals surface area (Å²) >= 11 is 0. The second kappa shape index (κ2) is 4.85. The average Bonchev–Trinajstić information content (AvgIpc) is 2.44. The van der Waals surface area contributed by atoms with Gasteiger partial charge in [0.1, 0.15) is 0 Å². The van der Waals surface area contributed by atoms with Crippen LogP contribution in [0.5, 0.6) is 0 Å². The lowest BCUT2D eigenvalue weighted by Gasteiger charge is -2.17. The molecule has 0 aliphatic heterocycles. The van der Waals surface area contributed by atoms with E-state index in [1.807, 2.05) is 36.4 Å². The summed E-state index contributed by atoms with van der Waals surface area (Å²) in [6.45, 7) is 2.08. The fourth-order valence-corrected chi connectivity index (χ4v) is 2.59. The Morgan fingerprint density at radius 2 is 1.68 bits per heavy atom. The van der Waals surface area contributed by atoms with Gasteiger partial charge in [0.25, 0.3) is 0 Å². The number of Topliss-reactive ketones (excluding diaryl/α,β-unsaturated/α-hetero) is 1. The molecule has 0 saturated heterocycles. The number of carbonyl (C=O) groups excluding carboxylic acids is 1. The molecular weight excluding hydrogens is 232 g/mol. The average molecular weight is 248 g/mol. The molecule has 0 spiro atoms. The van der Waals surface area contributed by atoms with Crippen LogP contribution in [-0.4, -0.2) is 5.78 Å². The van der Waals surface area contributed by atoms with Gasteiger partial charge in [-0.1, -0.05) is 48.5 Å². The highest BCUT2D eigenvalue weighted by molar-refractivity contribution is 6.13. The monoisotopic (exact) mass is 248 g/mol. The Labute approximate surface area is 113 Å². The number of hydrogen-bond donors (Lipinski definition) is 0. The zero-order valence-corrected chi connectivity index (χ0v) is 11.0. The minimum Gasteiger partial charge on any atom is -0.289 e. The molecule has 0 heterocycles. The van der Waals surface area contributed by atoms with E-state index in [1.54, 1.807) is 0 Å². The molecule has 0 aromatic heterocycles. The van der Waals surface area contributed by atoms with Crippen molar-refractivity contribution in [1.82, 2.24) is 0 Å². The summed E-state index contributed by atoms with van der Waals surface area (Å²) in [5.41, 5.74) is 5.32. The van der Waals surface area contributed by atoms with Gasteiger partial charge in [-0.25, -0.2) is 0 Å². The van der Waals surface area contributed by atoms with Crippen molar-refractivity contribution >= 4 is 11.9 Å². The Kier molecular flexibility index (Phi) is 3.04. The highest BCUT2D eigenvalue weighted by Crippen LogP contribution is 2.26. The molecule has 0 unspecified atom stereocenters. The summed E-state index contributed by atoms with van der Waals surface area (Å²) in [5.74, 6) is 0.185. The van der Waals surface area contributed by atoms with Crippen molar-refractivity contribution in [2.75, 3.05) is 0 Å². The molecule has 0 amide bonds. The Bertz CT molecular complexity index is 665. The number of fused-ring (bicyclic) bond motifs is 1. The van der Waals surface area contributed by atoms with Gasteiger partial charge in [-0.2, -0.15) is 0 Å². The number of aryl methyl sites for hydroxylation is 2. The molecule has 0 saturated carbocycles. The van der Waals surface area contributed by atoms with E-state index >= 15 is 0 Å². The lowest BCUT2D eigenvalue weighted by Crippen LogP contribution is -2.13. The first-order valence-electron chi connectivity index (χ1n) is 6.64. The topological polar surface area (TPSA) is 17.1 Å². The van der Waals surface area contributed by atoms with Gasteiger partial charge in [-0.05, 0) is 42.5 Å². The van der Waals surface area contributed by atoms with Crippen LogP contribution < -0.4 is 0 Å². The van der Waals surface area contributed by atoms with Crippen LogP contribution in [-0.2, 0) is 6.42 Å². The smallest absolute Gasteiger partial charge is 0.189 e. The summed E-state index contributed by atoms with van der Waals surface area (Å²) in [7, 11) is 0. The van der Waals surface area contributed by atoms with Crippen molar-refractivity contribution in [3.8, 4) is 0 Å². The van der Waals surface area contributed by atoms with Crippen LogP contribution in [0.1, 0.15) is 33.5 Å². The molecule has 0 radical (unpaired) electrons. The third-order valence-electron chi connectivity index (χ3n) is 3.74. The molecule has 19 heavy (non-hydrogen) atoms. The summed E-state index contributed by atoms with van der Waals surface area (Å²) in [5, 5.41) is 0. The Morgan fingerprint density at radius 3 is 2.53 bits per heavy atom. The van der Waals surface area contributed by atoms with Crippen molar-refractivity contribution in [3.05, 3.63) is 76.4 Å². The Hall–Kier alpha value is -2.15. The Balaban J connectivity index is 2.01. The fourth-order valence-electron chi connectivity index (χ4n) is 2.59. The van der Waals surface area contributed by atoms with Crippen LogP contribution in [0.4, 0.5) is 0 Å². The van der Waals surface area contributed by atoms with Crippen molar-refractivity contribution in [1.29, 1.82) is 0 Å². The molecular formula is C18H16O. The van der Waals surface area contributed by atoms with Gasteiger partial charge in [-0.3, -0.25) is 4.79 Å². The number of carbonyl (C=O) groups is 1. The second-order valence-electron chi connectivity index (χ2n) is 5.01. The first-order valence-corrected chi connectivity index (χ1v) is 6.64. The van der Waals surface area contributed by atoms with Crippen LogP contribution in [0.3, 0.4) is 0 Å². The zero-order valence-electron chi connectivity index (χ0n) is 11.0. The molecule has 0 atom stereocenters. The molecule has 0 N–H and O–H groups in total. The Morgan fingerprint density at radius 1 is 0.947 bits per heavy atom. The van der Waals surface area contributed by atoms with Gasteiger partial charge in [0.05, 0.1) is 0 Å². The van der Waals surface area contributed by atoms with Gasteiger partial charge in [0, 0.05) is 11.1 Å². The van der Waals surface area contributed by atoms with Crippen LogP contribution >= 0.6 is 0 Å². The molecule has 0 fully saturated rings. The molecule has 0 bridgehead atoms. The van der Waals surface area contributed by atoms with E-state index in [0.29, 0.717) is 0 Å². The predicted octanol–water partition coefficient (Wildman–Crippen LogP) is 4.21. The quantitative estimate of drug-likeness (QED) is 0.691.